The lowest BCUT2D eigenvalue weighted by Gasteiger charge is -1.76. The number of rotatable bonds is 0. The van der Waals surface area contributed by atoms with Crippen LogP contribution in [0.2, 0.25) is 0 Å². The second kappa shape index (κ2) is 2.83. The van der Waals surface area contributed by atoms with Gasteiger partial charge in [0.15, 0.2) is 0 Å². The van der Waals surface area contributed by atoms with Crippen LogP contribution >= 0.6 is 0 Å². The lowest BCUT2D eigenvalue weighted by molar-refractivity contribution is 1.47. The second-order valence-corrected chi connectivity index (χ2v) is 1.67. The van der Waals surface area contributed by atoms with Crippen LogP contribution in [0.1, 0.15) is 6.42 Å². The van der Waals surface area contributed by atoms with Gasteiger partial charge < -0.3 is 0 Å². The predicted molar refractivity (Wildman–Crippen MR) is 35.9 cm³/mol. The third-order valence-corrected chi connectivity index (χ3v) is 0.987. The summed E-state index contributed by atoms with van der Waals surface area (Å²) in [5.41, 5.74) is 0.615. The molecule has 9 heavy (non-hydrogen) atoms. The Morgan fingerprint density at radius 1 is 1.67 bits per heavy atom. The Bertz CT molecular complexity index is 216. The van der Waals surface area contributed by atoms with Crippen molar-refractivity contribution in [3.63, 3.8) is 0 Å². The smallest absolute Gasteiger partial charge is 0.101 e. The van der Waals surface area contributed by atoms with E-state index in [1.807, 2.05) is 12.1 Å². The Kier molecular flexibility index (Phi) is 1.81. The van der Waals surface area contributed by atoms with E-state index in [-0.39, 0.29) is 0 Å². The molecule has 0 bridgehead atoms. The van der Waals surface area contributed by atoms with Gasteiger partial charge in [0.25, 0.3) is 0 Å². The molecular formula is C7H6N2. The Balaban J connectivity index is 2.82. The van der Waals surface area contributed by atoms with Gasteiger partial charge >= 0.3 is 0 Å². The number of aliphatic imine (C=N–C) groups is 1. The van der Waals surface area contributed by atoms with Crippen LogP contribution in [0.15, 0.2) is 28.9 Å². The highest BCUT2D eigenvalue weighted by atomic mass is 14.7. The molecule has 1 aliphatic heterocycles. The van der Waals surface area contributed by atoms with Crippen LogP contribution in [-0.4, -0.2) is 6.21 Å². The van der Waals surface area contributed by atoms with E-state index in [0.717, 1.165) is 6.42 Å². The summed E-state index contributed by atoms with van der Waals surface area (Å²) in [5, 5.41) is 8.37. The zero-order chi connectivity index (χ0) is 6.53. The molecule has 1 aliphatic rings. The fraction of sp³-hybridized carbons (Fsp3) is 0.143. The average molecular weight is 118 g/mol. The van der Waals surface area contributed by atoms with Gasteiger partial charge in [-0.1, -0.05) is 6.08 Å². The van der Waals surface area contributed by atoms with Crippen molar-refractivity contribution in [1.82, 2.24) is 0 Å². The Labute approximate surface area is 53.8 Å². The van der Waals surface area contributed by atoms with Gasteiger partial charge in [0.1, 0.15) is 6.07 Å². The molecule has 0 aromatic carbocycles. The van der Waals surface area contributed by atoms with E-state index in [4.69, 9.17) is 5.26 Å². The molecule has 2 nitrogen and oxygen atoms in total. The molecule has 44 valence electrons. The van der Waals surface area contributed by atoms with Crippen molar-refractivity contribution in [2.75, 3.05) is 0 Å². The highest BCUT2D eigenvalue weighted by Gasteiger charge is 1.87. The molecule has 0 saturated carbocycles. The maximum absolute atomic E-state index is 8.37. The molecule has 0 atom stereocenters. The average Bonchev–Trinajstić information content (AvgIpc) is 2.13. The van der Waals surface area contributed by atoms with Gasteiger partial charge in [-0.05, 0) is 6.08 Å². The lowest BCUT2D eigenvalue weighted by Crippen LogP contribution is -1.65. The fourth-order valence-electron chi connectivity index (χ4n) is 0.559. The Morgan fingerprint density at radius 3 is 3.33 bits per heavy atom. The first kappa shape index (κ1) is 5.77. The van der Waals surface area contributed by atoms with Crippen molar-refractivity contribution in [2.45, 2.75) is 6.42 Å². The summed E-state index contributed by atoms with van der Waals surface area (Å²) in [6.07, 6.45) is 7.82. The van der Waals surface area contributed by atoms with Crippen LogP contribution in [0.5, 0.6) is 0 Å². The molecule has 0 fully saturated rings. The summed E-state index contributed by atoms with van der Waals surface area (Å²) in [6, 6.07) is 2.00. The normalized spacial score (nSPS) is 16.1. The van der Waals surface area contributed by atoms with Gasteiger partial charge in [-0.2, -0.15) is 5.26 Å². The van der Waals surface area contributed by atoms with Gasteiger partial charge in [-0.15, -0.1) is 0 Å². The first-order chi connectivity index (χ1) is 4.43. The summed E-state index contributed by atoms with van der Waals surface area (Å²) in [5.74, 6) is 0. The number of hydrogen-bond acceptors (Lipinski definition) is 2. The highest BCUT2D eigenvalue weighted by Crippen LogP contribution is 1.98. The predicted octanol–water partition coefficient (Wildman–Crippen LogP) is 1.42. The SMILES string of the molecule is N#CC1=CN=CCC=C1. The molecular weight excluding hydrogens is 112 g/mol. The number of allylic oxidation sites excluding steroid dienone is 3. The van der Waals surface area contributed by atoms with E-state index in [1.54, 1.807) is 18.5 Å². The van der Waals surface area contributed by atoms with E-state index >= 15 is 0 Å². The molecule has 0 aromatic heterocycles. The van der Waals surface area contributed by atoms with E-state index in [0.29, 0.717) is 5.57 Å². The molecule has 2 heteroatoms. The minimum Gasteiger partial charge on any atom is -0.267 e. The van der Waals surface area contributed by atoms with E-state index in [2.05, 4.69) is 4.99 Å². The monoisotopic (exact) mass is 118 g/mol. The highest BCUT2D eigenvalue weighted by molar-refractivity contribution is 5.62. The topological polar surface area (TPSA) is 36.1 Å². The molecule has 0 saturated heterocycles. The second-order valence-electron chi connectivity index (χ2n) is 1.67. The molecule has 0 amide bonds. The van der Waals surface area contributed by atoms with Crippen molar-refractivity contribution in [3.8, 4) is 6.07 Å². The standard InChI is InChI=1S/C7H6N2/c8-5-7-3-1-2-4-9-6-7/h1,3-4,6H,2H2. The summed E-state index contributed by atoms with van der Waals surface area (Å²) < 4.78 is 0. The van der Waals surface area contributed by atoms with Gasteiger partial charge in [0.05, 0.1) is 5.57 Å². The van der Waals surface area contributed by atoms with Crippen LogP contribution in [-0.2, 0) is 0 Å². The minimum absolute atomic E-state index is 0.615. The Hall–Kier alpha value is -1.36. The maximum Gasteiger partial charge on any atom is 0.101 e. The summed E-state index contributed by atoms with van der Waals surface area (Å²) >= 11 is 0. The van der Waals surface area contributed by atoms with Crippen molar-refractivity contribution in [1.29, 1.82) is 5.26 Å². The van der Waals surface area contributed by atoms with Gasteiger partial charge in [0.2, 0.25) is 0 Å². The molecule has 0 spiro atoms. The first-order valence-corrected chi connectivity index (χ1v) is 2.72. The molecule has 0 aliphatic carbocycles. The Morgan fingerprint density at radius 2 is 2.56 bits per heavy atom. The van der Waals surface area contributed by atoms with Crippen LogP contribution < -0.4 is 0 Å². The van der Waals surface area contributed by atoms with E-state index < -0.39 is 0 Å². The third-order valence-electron chi connectivity index (χ3n) is 0.987. The van der Waals surface area contributed by atoms with Gasteiger partial charge in [-0.25, -0.2) is 0 Å². The van der Waals surface area contributed by atoms with Crippen molar-refractivity contribution in [2.24, 2.45) is 4.99 Å². The summed E-state index contributed by atoms with van der Waals surface area (Å²) in [6.45, 7) is 0. The third kappa shape index (κ3) is 1.54. The summed E-state index contributed by atoms with van der Waals surface area (Å²) in [4.78, 5) is 3.85. The number of hydrogen-bond donors (Lipinski definition) is 0. The quantitative estimate of drug-likeness (QED) is 0.474. The maximum atomic E-state index is 8.37. The van der Waals surface area contributed by atoms with Crippen LogP contribution in [0.25, 0.3) is 0 Å². The van der Waals surface area contributed by atoms with Crippen LogP contribution in [0, 0.1) is 11.3 Å². The van der Waals surface area contributed by atoms with E-state index in [1.165, 1.54) is 0 Å². The van der Waals surface area contributed by atoms with Gasteiger partial charge in [-0.3, -0.25) is 4.99 Å². The molecule has 1 heterocycles. The molecule has 0 aromatic rings. The fourth-order valence-corrected chi connectivity index (χ4v) is 0.559. The molecule has 0 N–H and O–H groups in total. The zero-order valence-corrected chi connectivity index (χ0v) is 4.91. The largest absolute Gasteiger partial charge is 0.267 e. The first-order valence-electron chi connectivity index (χ1n) is 2.72. The molecule has 0 unspecified atom stereocenters. The minimum atomic E-state index is 0.615. The molecule has 1 rings (SSSR count). The zero-order valence-electron chi connectivity index (χ0n) is 4.91. The van der Waals surface area contributed by atoms with Crippen molar-refractivity contribution in [3.05, 3.63) is 23.9 Å². The lowest BCUT2D eigenvalue weighted by atomic mass is 10.3. The number of nitriles is 1. The summed E-state index contributed by atoms with van der Waals surface area (Å²) in [7, 11) is 0. The van der Waals surface area contributed by atoms with Crippen molar-refractivity contribution >= 4 is 6.21 Å². The van der Waals surface area contributed by atoms with Crippen LogP contribution in [0.3, 0.4) is 0 Å². The van der Waals surface area contributed by atoms with Crippen LogP contribution in [0.4, 0.5) is 0 Å². The van der Waals surface area contributed by atoms with E-state index in [9.17, 15) is 0 Å². The van der Waals surface area contributed by atoms with Gasteiger partial charge in [0, 0.05) is 18.8 Å². The number of nitrogens with zero attached hydrogens (tertiary/aromatic N) is 2. The molecule has 0 radical (unpaired) electrons. The van der Waals surface area contributed by atoms with Crippen molar-refractivity contribution < 1.29 is 0 Å².